The first kappa shape index (κ1) is 26.7. The Morgan fingerprint density at radius 3 is 2.51 bits per heavy atom. The summed E-state index contributed by atoms with van der Waals surface area (Å²) in [5.41, 5.74) is 2.88. The molecule has 0 amide bonds. The van der Waals surface area contributed by atoms with Gasteiger partial charge in [0.2, 0.25) is 5.88 Å². The molecular weight excluding hydrogens is 442 g/mol. The summed E-state index contributed by atoms with van der Waals surface area (Å²) in [6.07, 6.45) is 2.50. The van der Waals surface area contributed by atoms with E-state index in [9.17, 15) is 5.11 Å². The smallest absolute Gasteiger partial charge is 0.222 e. The van der Waals surface area contributed by atoms with Crippen LogP contribution in [0.5, 0.6) is 17.4 Å². The van der Waals surface area contributed by atoms with E-state index in [0.29, 0.717) is 37.9 Å². The highest BCUT2D eigenvalue weighted by Gasteiger charge is 2.23. The Kier molecular flexibility index (Phi) is 10.6. The maximum atomic E-state index is 10.6. The van der Waals surface area contributed by atoms with E-state index in [0.717, 1.165) is 48.4 Å². The van der Waals surface area contributed by atoms with Gasteiger partial charge >= 0.3 is 0 Å². The molecule has 0 aliphatic carbocycles. The molecule has 0 spiro atoms. The molecule has 7 heteroatoms. The zero-order chi connectivity index (χ0) is 25.0. The Morgan fingerprint density at radius 2 is 1.80 bits per heavy atom. The van der Waals surface area contributed by atoms with Crippen LogP contribution in [0.4, 0.5) is 0 Å². The van der Waals surface area contributed by atoms with Crippen molar-refractivity contribution >= 4 is 0 Å². The molecule has 0 aliphatic rings. The van der Waals surface area contributed by atoms with Crippen molar-refractivity contribution in [2.75, 3.05) is 33.4 Å². The van der Waals surface area contributed by atoms with Crippen LogP contribution >= 0.6 is 0 Å². The molecule has 1 aromatic heterocycles. The standard InChI is InChI=1S/C28H39N3O4/c1-5-7-17-34-21-23(32)19-31(16-6-2)20-26-27(22-12-9-8-10-13-22)29-30(3)28(26)35-25-15-11-14-24(18-25)33-4/h8-15,18,23,32H,5-7,16-17,19-21H2,1-4H3/t23-/m0/s1. The van der Waals surface area contributed by atoms with Crippen molar-refractivity contribution < 1.29 is 19.3 Å². The highest BCUT2D eigenvalue weighted by atomic mass is 16.5. The maximum Gasteiger partial charge on any atom is 0.222 e. The van der Waals surface area contributed by atoms with E-state index in [1.165, 1.54) is 0 Å². The van der Waals surface area contributed by atoms with Crippen molar-refractivity contribution in [2.24, 2.45) is 7.05 Å². The molecule has 7 nitrogen and oxygen atoms in total. The van der Waals surface area contributed by atoms with Gasteiger partial charge < -0.3 is 19.3 Å². The molecule has 0 saturated carbocycles. The Balaban J connectivity index is 1.89. The molecule has 190 valence electrons. The van der Waals surface area contributed by atoms with Gasteiger partial charge in [-0.05, 0) is 31.5 Å². The lowest BCUT2D eigenvalue weighted by atomic mass is 10.1. The average Bonchev–Trinajstić information content (AvgIpc) is 3.17. The quantitative estimate of drug-likeness (QED) is 0.298. The number of aliphatic hydroxyl groups is 1. The van der Waals surface area contributed by atoms with Gasteiger partial charge in [0.05, 0.1) is 25.4 Å². The third-order valence-corrected chi connectivity index (χ3v) is 5.73. The van der Waals surface area contributed by atoms with Gasteiger partial charge in [0.1, 0.15) is 17.2 Å². The van der Waals surface area contributed by atoms with E-state index < -0.39 is 6.10 Å². The molecule has 0 aliphatic heterocycles. The SMILES string of the molecule is CCCCOC[C@@H](O)CN(CCC)Cc1c(-c2ccccc2)nn(C)c1Oc1cccc(OC)c1. The molecule has 0 fully saturated rings. The first-order chi connectivity index (χ1) is 17.0. The Hall–Kier alpha value is -2.87. The summed E-state index contributed by atoms with van der Waals surface area (Å²) >= 11 is 0. The molecule has 1 atom stereocenters. The first-order valence-electron chi connectivity index (χ1n) is 12.5. The Morgan fingerprint density at radius 1 is 1.03 bits per heavy atom. The van der Waals surface area contributed by atoms with Crippen LogP contribution in [-0.2, 0) is 18.3 Å². The second kappa shape index (κ2) is 13.9. The molecule has 0 unspecified atom stereocenters. The number of hydrogen-bond acceptors (Lipinski definition) is 6. The number of aryl methyl sites for hydroxylation is 1. The monoisotopic (exact) mass is 481 g/mol. The minimum atomic E-state index is -0.557. The number of benzene rings is 2. The van der Waals surface area contributed by atoms with Gasteiger partial charge in [-0.25, -0.2) is 4.68 Å². The van der Waals surface area contributed by atoms with Crippen molar-refractivity contribution in [1.29, 1.82) is 0 Å². The second-order valence-corrected chi connectivity index (χ2v) is 8.72. The lowest BCUT2D eigenvalue weighted by molar-refractivity contribution is 0.0143. The summed E-state index contributed by atoms with van der Waals surface area (Å²) in [6, 6.07) is 17.7. The number of nitrogens with zero attached hydrogens (tertiary/aromatic N) is 3. The normalized spacial score (nSPS) is 12.2. The number of aliphatic hydroxyl groups excluding tert-OH is 1. The topological polar surface area (TPSA) is 69.0 Å². The highest BCUT2D eigenvalue weighted by molar-refractivity contribution is 5.65. The second-order valence-electron chi connectivity index (χ2n) is 8.72. The molecule has 0 radical (unpaired) electrons. The average molecular weight is 482 g/mol. The highest BCUT2D eigenvalue weighted by Crippen LogP contribution is 2.35. The fraction of sp³-hybridized carbons (Fsp3) is 0.464. The maximum absolute atomic E-state index is 10.6. The number of hydrogen-bond donors (Lipinski definition) is 1. The van der Waals surface area contributed by atoms with Crippen LogP contribution in [0.25, 0.3) is 11.3 Å². The molecule has 3 aromatic rings. The van der Waals surface area contributed by atoms with E-state index in [4.69, 9.17) is 19.3 Å². The molecular formula is C28H39N3O4. The zero-order valence-electron chi connectivity index (χ0n) is 21.4. The summed E-state index contributed by atoms with van der Waals surface area (Å²) in [7, 11) is 3.54. The van der Waals surface area contributed by atoms with Gasteiger partial charge in [-0.3, -0.25) is 4.90 Å². The van der Waals surface area contributed by atoms with Crippen LogP contribution in [0.1, 0.15) is 38.7 Å². The van der Waals surface area contributed by atoms with Gasteiger partial charge in [-0.15, -0.1) is 0 Å². The van der Waals surface area contributed by atoms with Crippen LogP contribution in [0.15, 0.2) is 54.6 Å². The predicted molar refractivity (Wildman–Crippen MR) is 139 cm³/mol. The van der Waals surface area contributed by atoms with E-state index in [1.54, 1.807) is 11.8 Å². The summed E-state index contributed by atoms with van der Waals surface area (Å²) < 4.78 is 19.2. The summed E-state index contributed by atoms with van der Waals surface area (Å²) in [5, 5.41) is 15.5. The molecule has 2 aromatic carbocycles. The van der Waals surface area contributed by atoms with Crippen LogP contribution in [-0.4, -0.2) is 59.3 Å². The lowest BCUT2D eigenvalue weighted by Crippen LogP contribution is -2.35. The third kappa shape index (κ3) is 7.82. The Labute approximate surface area is 209 Å². The molecule has 3 rings (SSSR count). The minimum absolute atomic E-state index is 0.339. The number of methoxy groups -OCH3 is 1. The van der Waals surface area contributed by atoms with Gasteiger partial charge in [-0.1, -0.05) is 56.7 Å². The van der Waals surface area contributed by atoms with Crippen LogP contribution < -0.4 is 9.47 Å². The Bertz CT molecular complexity index is 1020. The predicted octanol–water partition coefficient (Wildman–Crippen LogP) is 5.28. The minimum Gasteiger partial charge on any atom is -0.497 e. The summed E-state index contributed by atoms with van der Waals surface area (Å²) in [4.78, 5) is 2.25. The first-order valence-corrected chi connectivity index (χ1v) is 12.5. The van der Waals surface area contributed by atoms with Crippen molar-refractivity contribution in [1.82, 2.24) is 14.7 Å². The fourth-order valence-electron chi connectivity index (χ4n) is 4.02. The number of unbranched alkanes of at least 4 members (excludes halogenated alkanes) is 1. The van der Waals surface area contributed by atoms with Gasteiger partial charge in [0.25, 0.3) is 0 Å². The summed E-state index contributed by atoms with van der Waals surface area (Å²) in [5.74, 6) is 2.08. The van der Waals surface area contributed by atoms with Gasteiger partial charge in [0, 0.05) is 38.4 Å². The molecule has 0 saturated heterocycles. The van der Waals surface area contributed by atoms with E-state index in [-0.39, 0.29) is 0 Å². The molecule has 1 heterocycles. The van der Waals surface area contributed by atoms with Crippen LogP contribution in [0, 0.1) is 0 Å². The number of ether oxygens (including phenoxy) is 3. The van der Waals surface area contributed by atoms with Crippen LogP contribution in [0.2, 0.25) is 0 Å². The van der Waals surface area contributed by atoms with Gasteiger partial charge in [0.15, 0.2) is 0 Å². The van der Waals surface area contributed by atoms with Crippen molar-refractivity contribution in [3.63, 3.8) is 0 Å². The van der Waals surface area contributed by atoms with Crippen molar-refractivity contribution in [2.45, 2.75) is 45.8 Å². The van der Waals surface area contributed by atoms with E-state index in [1.807, 2.05) is 49.5 Å². The lowest BCUT2D eigenvalue weighted by Gasteiger charge is -2.25. The summed E-state index contributed by atoms with van der Waals surface area (Å²) in [6.45, 7) is 7.25. The van der Waals surface area contributed by atoms with Crippen molar-refractivity contribution in [3.8, 4) is 28.6 Å². The molecule has 35 heavy (non-hydrogen) atoms. The third-order valence-electron chi connectivity index (χ3n) is 5.73. The van der Waals surface area contributed by atoms with E-state index >= 15 is 0 Å². The van der Waals surface area contributed by atoms with Crippen LogP contribution in [0.3, 0.4) is 0 Å². The van der Waals surface area contributed by atoms with Crippen molar-refractivity contribution in [3.05, 3.63) is 60.2 Å². The van der Waals surface area contributed by atoms with Gasteiger partial charge in [-0.2, -0.15) is 5.10 Å². The van der Waals surface area contributed by atoms with E-state index in [2.05, 4.69) is 30.9 Å². The fourth-order valence-corrected chi connectivity index (χ4v) is 4.02. The molecule has 1 N–H and O–H groups in total. The largest absolute Gasteiger partial charge is 0.497 e. The molecule has 0 bridgehead atoms. The number of aromatic nitrogens is 2. The zero-order valence-corrected chi connectivity index (χ0v) is 21.4. The number of rotatable bonds is 15.